The molecule has 0 aliphatic carbocycles. The number of hydrogen-bond acceptors (Lipinski definition) is 4. The van der Waals surface area contributed by atoms with Crippen LogP contribution in [0.5, 0.6) is 0 Å². The Labute approximate surface area is 206 Å². The zero-order chi connectivity index (χ0) is 24.4. The lowest BCUT2D eigenvalue weighted by Crippen LogP contribution is -2.17. The molecule has 4 nitrogen and oxygen atoms in total. The minimum Gasteiger partial charge on any atom is -0.466 e. The maximum absolute atomic E-state index is 12.0. The first kappa shape index (κ1) is 31.9. The zero-order valence-corrected chi connectivity index (χ0v) is 22.5. The highest BCUT2D eigenvalue weighted by Crippen LogP contribution is 2.14. The van der Waals surface area contributed by atoms with E-state index in [9.17, 15) is 9.59 Å². The molecule has 0 heterocycles. The van der Waals surface area contributed by atoms with E-state index >= 15 is 0 Å². The molecule has 1 unspecified atom stereocenters. The van der Waals surface area contributed by atoms with Crippen molar-refractivity contribution in [1.29, 1.82) is 0 Å². The van der Waals surface area contributed by atoms with Crippen LogP contribution in [0.2, 0.25) is 0 Å². The first-order chi connectivity index (χ1) is 16.1. The largest absolute Gasteiger partial charge is 0.466 e. The van der Waals surface area contributed by atoms with Crippen LogP contribution < -0.4 is 0 Å². The van der Waals surface area contributed by atoms with Crippen LogP contribution in [0, 0.1) is 0 Å². The van der Waals surface area contributed by atoms with Gasteiger partial charge in [0.2, 0.25) is 0 Å². The maximum Gasteiger partial charge on any atom is 0.306 e. The summed E-state index contributed by atoms with van der Waals surface area (Å²) in [6.07, 6.45) is 24.9. The summed E-state index contributed by atoms with van der Waals surface area (Å²) >= 11 is 0. The van der Waals surface area contributed by atoms with E-state index in [0.29, 0.717) is 25.9 Å². The number of carbonyl (C=O) groups is 2. The van der Waals surface area contributed by atoms with Crippen LogP contribution in [-0.2, 0) is 19.1 Å². The Hall–Kier alpha value is -1.06. The van der Waals surface area contributed by atoms with E-state index in [2.05, 4.69) is 20.8 Å². The SMILES string of the molecule is CCCCCCCCCCCCCCCCOC(=O)CCCC(=O)OC(CC)CCCCC. The van der Waals surface area contributed by atoms with Crippen molar-refractivity contribution in [2.45, 2.75) is 168 Å². The van der Waals surface area contributed by atoms with Crippen molar-refractivity contribution in [1.82, 2.24) is 0 Å². The summed E-state index contributed by atoms with van der Waals surface area (Å²) in [6.45, 7) is 7.01. The van der Waals surface area contributed by atoms with Crippen molar-refractivity contribution < 1.29 is 19.1 Å². The summed E-state index contributed by atoms with van der Waals surface area (Å²) in [5.74, 6) is -0.370. The molecule has 0 aliphatic heterocycles. The van der Waals surface area contributed by atoms with Gasteiger partial charge in [0.25, 0.3) is 0 Å². The molecule has 0 aliphatic rings. The van der Waals surface area contributed by atoms with Gasteiger partial charge >= 0.3 is 11.9 Å². The van der Waals surface area contributed by atoms with Crippen LogP contribution in [0.1, 0.15) is 162 Å². The number of rotatable bonds is 25. The summed E-state index contributed by atoms with van der Waals surface area (Å²) in [5.41, 5.74) is 0. The number of unbranched alkanes of at least 4 members (excludes halogenated alkanes) is 15. The quantitative estimate of drug-likeness (QED) is 0.0990. The Kier molecular flexibility index (Phi) is 24.7. The molecule has 0 rings (SSSR count). The topological polar surface area (TPSA) is 52.6 Å². The molecule has 0 spiro atoms. The van der Waals surface area contributed by atoms with Crippen LogP contribution in [0.4, 0.5) is 0 Å². The van der Waals surface area contributed by atoms with Gasteiger partial charge in [-0.1, -0.05) is 117 Å². The lowest BCUT2D eigenvalue weighted by molar-refractivity contribution is -0.150. The molecule has 0 aromatic heterocycles. The molecule has 0 fully saturated rings. The van der Waals surface area contributed by atoms with E-state index in [1.165, 1.54) is 89.9 Å². The molecule has 0 bridgehead atoms. The summed E-state index contributed by atoms with van der Waals surface area (Å²) < 4.78 is 10.8. The van der Waals surface area contributed by atoms with E-state index in [1.807, 2.05) is 0 Å². The number of hydrogen-bond donors (Lipinski definition) is 0. The van der Waals surface area contributed by atoms with Gasteiger partial charge in [-0.05, 0) is 32.1 Å². The molecule has 4 heteroatoms. The monoisotopic (exact) mass is 468 g/mol. The van der Waals surface area contributed by atoms with Crippen molar-refractivity contribution >= 4 is 11.9 Å². The van der Waals surface area contributed by atoms with Gasteiger partial charge in [-0.3, -0.25) is 9.59 Å². The average molecular weight is 469 g/mol. The third kappa shape index (κ3) is 23.9. The summed E-state index contributed by atoms with van der Waals surface area (Å²) in [6, 6.07) is 0. The van der Waals surface area contributed by atoms with E-state index in [4.69, 9.17) is 9.47 Å². The second kappa shape index (κ2) is 25.6. The smallest absolute Gasteiger partial charge is 0.306 e. The average Bonchev–Trinajstić information content (AvgIpc) is 2.81. The third-order valence-electron chi connectivity index (χ3n) is 6.41. The van der Waals surface area contributed by atoms with Crippen LogP contribution in [0.15, 0.2) is 0 Å². The number of esters is 2. The Morgan fingerprint density at radius 2 is 1.00 bits per heavy atom. The third-order valence-corrected chi connectivity index (χ3v) is 6.41. The van der Waals surface area contributed by atoms with Gasteiger partial charge in [0.1, 0.15) is 6.10 Å². The van der Waals surface area contributed by atoms with Gasteiger partial charge in [-0.15, -0.1) is 0 Å². The van der Waals surface area contributed by atoms with Crippen molar-refractivity contribution in [2.24, 2.45) is 0 Å². The lowest BCUT2D eigenvalue weighted by Gasteiger charge is -2.15. The fraction of sp³-hybridized carbons (Fsp3) is 0.931. The second-order valence-corrected chi connectivity index (χ2v) is 9.69. The molecule has 196 valence electrons. The first-order valence-electron chi connectivity index (χ1n) is 14.5. The molecule has 0 saturated heterocycles. The Bertz CT molecular complexity index is 435. The fourth-order valence-corrected chi connectivity index (χ4v) is 4.15. The summed E-state index contributed by atoms with van der Waals surface area (Å²) in [7, 11) is 0. The van der Waals surface area contributed by atoms with E-state index < -0.39 is 0 Å². The molecule has 33 heavy (non-hydrogen) atoms. The molecular weight excluding hydrogens is 412 g/mol. The van der Waals surface area contributed by atoms with Crippen molar-refractivity contribution in [2.75, 3.05) is 6.61 Å². The molecule has 0 amide bonds. The Balaban J connectivity index is 3.41. The maximum atomic E-state index is 12.0. The number of carbonyl (C=O) groups excluding carboxylic acids is 2. The second-order valence-electron chi connectivity index (χ2n) is 9.69. The number of ether oxygens (including phenoxy) is 2. The fourth-order valence-electron chi connectivity index (χ4n) is 4.15. The molecule has 0 aromatic carbocycles. The van der Waals surface area contributed by atoms with Crippen LogP contribution in [0.25, 0.3) is 0 Å². The molecule has 0 saturated carbocycles. The van der Waals surface area contributed by atoms with Crippen LogP contribution in [-0.4, -0.2) is 24.6 Å². The lowest BCUT2D eigenvalue weighted by atomic mass is 10.0. The van der Waals surface area contributed by atoms with Crippen LogP contribution >= 0.6 is 0 Å². The van der Waals surface area contributed by atoms with Crippen LogP contribution in [0.3, 0.4) is 0 Å². The van der Waals surface area contributed by atoms with Crippen molar-refractivity contribution in [3.8, 4) is 0 Å². The predicted octanol–water partition coefficient (Wildman–Crippen LogP) is 9.08. The van der Waals surface area contributed by atoms with Gasteiger partial charge < -0.3 is 9.47 Å². The summed E-state index contributed by atoms with van der Waals surface area (Å²) in [5, 5.41) is 0. The molecule has 1 atom stereocenters. The standard InChI is InChI=1S/C29H56O4/c1-4-7-9-10-11-12-13-14-15-16-17-18-19-21-26-32-28(30)24-22-25-29(31)33-27(6-3)23-20-8-5-2/h27H,4-26H2,1-3H3. The predicted molar refractivity (Wildman–Crippen MR) is 139 cm³/mol. The first-order valence-corrected chi connectivity index (χ1v) is 14.5. The van der Waals surface area contributed by atoms with Gasteiger partial charge in [0.15, 0.2) is 0 Å². The van der Waals surface area contributed by atoms with Crippen molar-refractivity contribution in [3.05, 3.63) is 0 Å². The summed E-state index contributed by atoms with van der Waals surface area (Å²) in [4.78, 5) is 23.8. The van der Waals surface area contributed by atoms with E-state index in [-0.39, 0.29) is 18.0 Å². The molecular formula is C29H56O4. The van der Waals surface area contributed by atoms with Gasteiger partial charge in [0, 0.05) is 12.8 Å². The zero-order valence-electron chi connectivity index (χ0n) is 22.5. The highest BCUT2D eigenvalue weighted by molar-refractivity contribution is 5.72. The minimum atomic E-state index is -0.188. The Morgan fingerprint density at radius 1 is 0.545 bits per heavy atom. The Morgan fingerprint density at radius 3 is 1.52 bits per heavy atom. The molecule has 0 aromatic rings. The van der Waals surface area contributed by atoms with E-state index in [1.54, 1.807) is 0 Å². The van der Waals surface area contributed by atoms with Crippen molar-refractivity contribution in [3.63, 3.8) is 0 Å². The highest BCUT2D eigenvalue weighted by atomic mass is 16.5. The van der Waals surface area contributed by atoms with E-state index in [0.717, 1.165) is 32.1 Å². The normalized spacial score (nSPS) is 12.0. The van der Waals surface area contributed by atoms with Gasteiger partial charge in [-0.25, -0.2) is 0 Å². The minimum absolute atomic E-state index is 0.0244. The van der Waals surface area contributed by atoms with Gasteiger partial charge in [0.05, 0.1) is 6.61 Å². The molecule has 0 N–H and O–H groups in total. The molecule has 0 radical (unpaired) electrons. The van der Waals surface area contributed by atoms with Gasteiger partial charge in [-0.2, -0.15) is 0 Å². The highest BCUT2D eigenvalue weighted by Gasteiger charge is 2.13.